The maximum atomic E-state index is 12.1. The smallest absolute Gasteiger partial charge is 0.272 e. The van der Waals surface area contributed by atoms with E-state index in [2.05, 4.69) is 10.5 Å². The number of hydrogen-bond donors (Lipinski definition) is 1. The maximum Gasteiger partial charge on any atom is 0.272 e. The van der Waals surface area contributed by atoms with Crippen LogP contribution in [0.2, 0.25) is 10.0 Å². The van der Waals surface area contributed by atoms with Gasteiger partial charge in [-0.1, -0.05) is 41.4 Å². The lowest BCUT2D eigenvalue weighted by molar-refractivity contribution is 0.0955. The molecule has 3 rings (SSSR count). The Morgan fingerprint density at radius 3 is 2.64 bits per heavy atom. The van der Waals surface area contributed by atoms with Gasteiger partial charge in [0.25, 0.3) is 5.91 Å². The summed E-state index contributed by atoms with van der Waals surface area (Å²) in [5.41, 5.74) is 4.56. The summed E-state index contributed by atoms with van der Waals surface area (Å²) in [7, 11) is 0. The van der Waals surface area contributed by atoms with Gasteiger partial charge in [-0.05, 0) is 48.9 Å². The summed E-state index contributed by atoms with van der Waals surface area (Å²) in [6, 6.07) is 16.1. The van der Waals surface area contributed by atoms with Gasteiger partial charge in [0.15, 0.2) is 0 Å². The molecule has 0 radical (unpaired) electrons. The molecule has 0 saturated heterocycles. The summed E-state index contributed by atoms with van der Waals surface area (Å²) < 4.78 is 5.67. The second-order valence-electron chi connectivity index (χ2n) is 5.36. The van der Waals surface area contributed by atoms with Crippen molar-refractivity contribution in [2.24, 2.45) is 5.10 Å². The zero-order valence-corrected chi connectivity index (χ0v) is 14.8. The van der Waals surface area contributed by atoms with Crippen LogP contribution >= 0.6 is 23.2 Å². The first-order valence-corrected chi connectivity index (χ1v) is 8.24. The van der Waals surface area contributed by atoms with Gasteiger partial charge in [0.1, 0.15) is 11.5 Å². The molecular weight excluding hydrogens is 359 g/mol. The average Bonchev–Trinajstić information content (AvgIpc) is 3.03. The predicted octanol–water partition coefficient (Wildman–Crippen LogP) is 5.33. The van der Waals surface area contributed by atoms with Crippen LogP contribution in [-0.2, 0) is 0 Å². The van der Waals surface area contributed by atoms with Crippen molar-refractivity contribution < 1.29 is 9.21 Å². The van der Waals surface area contributed by atoms with Gasteiger partial charge < -0.3 is 4.42 Å². The van der Waals surface area contributed by atoms with Crippen LogP contribution in [-0.4, -0.2) is 12.1 Å². The third-order valence-electron chi connectivity index (χ3n) is 3.49. The standard InChI is InChI=1S/C19H14Cl2N2O2/c1-12-6-8-15(17(21)10-12)19(24)23-22-11-13-7-9-18(25-13)14-4-2-3-5-16(14)20/h2-11H,1H3,(H,23,24). The molecule has 2 aromatic carbocycles. The highest BCUT2D eigenvalue weighted by molar-refractivity contribution is 6.34. The minimum atomic E-state index is -0.390. The molecule has 0 aliphatic carbocycles. The SMILES string of the molecule is Cc1ccc(C(=O)NN=Cc2ccc(-c3ccccc3Cl)o2)c(Cl)c1. The molecule has 1 aromatic heterocycles. The highest BCUT2D eigenvalue weighted by atomic mass is 35.5. The number of amides is 1. The topological polar surface area (TPSA) is 54.6 Å². The van der Waals surface area contributed by atoms with Crippen LogP contribution < -0.4 is 5.43 Å². The number of hydrazone groups is 1. The molecule has 1 N–H and O–H groups in total. The van der Waals surface area contributed by atoms with Crippen molar-refractivity contribution in [2.75, 3.05) is 0 Å². The van der Waals surface area contributed by atoms with Crippen LogP contribution in [0.15, 0.2) is 64.1 Å². The van der Waals surface area contributed by atoms with E-state index in [9.17, 15) is 4.79 Å². The molecule has 0 atom stereocenters. The van der Waals surface area contributed by atoms with Crippen molar-refractivity contribution in [3.05, 3.63) is 81.5 Å². The van der Waals surface area contributed by atoms with Crippen LogP contribution in [0.3, 0.4) is 0 Å². The summed E-state index contributed by atoms with van der Waals surface area (Å²) in [4.78, 5) is 12.1. The summed E-state index contributed by atoms with van der Waals surface area (Å²) in [5, 5.41) is 4.88. The number of benzene rings is 2. The van der Waals surface area contributed by atoms with E-state index < -0.39 is 0 Å². The Kier molecular flexibility index (Phi) is 5.22. The van der Waals surface area contributed by atoms with E-state index in [-0.39, 0.29) is 5.91 Å². The number of halogens is 2. The van der Waals surface area contributed by atoms with Crippen molar-refractivity contribution in [3.63, 3.8) is 0 Å². The number of nitrogens with zero attached hydrogens (tertiary/aromatic N) is 1. The normalized spacial score (nSPS) is 11.0. The number of carbonyl (C=O) groups excluding carboxylic acids is 1. The van der Waals surface area contributed by atoms with E-state index in [1.807, 2.05) is 31.2 Å². The number of nitrogens with one attached hydrogen (secondary N) is 1. The van der Waals surface area contributed by atoms with Gasteiger partial charge in [0, 0.05) is 5.56 Å². The molecule has 0 unspecified atom stereocenters. The van der Waals surface area contributed by atoms with Gasteiger partial charge in [0.2, 0.25) is 0 Å². The molecule has 0 bridgehead atoms. The molecule has 0 saturated carbocycles. The van der Waals surface area contributed by atoms with Gasteiger partial charge >= 0.3 is 0 Å². The first-order valence-electron chi connectivity index (χ1n) is 7.49. The quantitative estimate of drug-likeness (QED) is 0.497. The first-order chi connectivity index (χ1) is 12.0. The third kappa shape index (κ3) is 4.10. The summed E-state index contributed by atoms with van der Waals surface area (Å²) in [6.07, 6.45) is 1.42. The third-order valence-corrected chi connectivity index (χ3v) is 4.14. The Balaban J connectivity index is 1.69. The van der Waals surface area contributed by atoms with Crippen molar-refractivity contribution in [1.82, 2.24) is 5.43 Å². The van der Waals surface area contributed by atoms with Gasteiger partial charge in [0.05, 0.1) is 21.8 Å². The van der Waals surface area contributed by atoms with Gasteiger partial charge in [-0.2, -0.15) is 5.10 Å². The molecule has 126 valence electrons. The fourth-order valence-electron chi connectivity index (χ4n) is 2.25. The molecule has 0 fully saturated rings. The Morgan fingerprint density at radius 1 is 1.08 bits per heavy atom. The van der Waals surface area contributed by atoms with Gasteiger partial charge in [-0.3, -0.25) is 4.79 Å². The van der Waals surface area contributed by atoms with Gasteiger partial charge in [-0.25, -0.2) is 5.43 Å². The molecule has 25 heavy (non-hydrogen) atoms. The van der Waals surface area contributed by atoms with E-state index in [4.69, 9.17) is 27.6 Å². The van der Waals surface area contributed by atoms with E-state index >= 15 is 0 Å². The van der Waals surface area contributed by atoms with Crippen LogP contribution in [0.1, 0.15) is 21.7 Å². The van der Waals surface area contributed by atoms with E-state index in [1.54, 1.807) is 30.3 Å². The van der Waals surface area contributed by atoms with Crippen molar-refractivity contribution in [3.8, 4) is 11.3 Å². The molecule has 4 nitrogen and oxygen atoms in total. The molecule has 0 aliphatic heterocycles. The summed E-state index contributed by atoms with van der Waals surface area (Å²) in [5.74, 6) is 0.726. The van der Waals surface area contributed by atoms with Crippen molar-refractivity contribution >= 4 is 35.3 Å². The Morgan fingerprint density at radius 2 is 1.88 bits per heavy atom. The fourth-order valence-corrected chi connectivity index (χ4v) is 2.80. The predicted molar refractivity (Wildman–Crippen MR) is 100 cm³/mol. The number of carbonyl (C=O) groups is 1. The van der Waals surface area contributed by atoms with E-state index in [1.165, 1.54) is 6.21 Å². The molecule has 3 aromatic rings. The Hall–Kier alpha value is -2.56. The zero-order chi connectivity index (χ0) is 17.8. The second-order valence-corrected chi connectivity index (χ2v) is 6.18. The lowest BCUT2D eigenvalue weighted by Crippen LogP contribution is -2.18. The first kappa shape index (κ1) is 17.3. The molecule has 0 aliphatic rings. The lowest BCUT2D eigenvalue weighted by Gasteiger charge is -2.03. The van der Waals surface area contributed by atoms with Crippen molar-refractivity contribution in [2.45, 2.75) is 6.92 Å². The lowest BCUT2D eigenvalue weighted by atomic mass is 10.1. The largest absolute Gasteiger partial charge is 0.455 e. The van der Waals surface area contributed by atoms with Crippen LogP contribution in [0.25, 0.3) is 11.3 Å². The van der Waals surface area contributed by atoms with E-state index in [0.29, 0.717) is 27.1 Å². The fraction of sp³-hybridized carbons (Fsp3) is 0.0526. The average molecular weight is 373 g/mol. The summed E-state index contributed by atoms with van der Waals surface area (Å²) >= 11 is 12.2. The molecule has 1 amide bonds. The molecule has 0 spiro atoms. The maximum absolute atomic E-state index is 12.1. The van der Waals surface area contributed by atoms with Crippen LogP contribution in [0, 0.1) is 6.92 Å². The number of hydrogen-bond acceptors (Lipinski definition) is 3. The van der Waals surface area contributed by atoms with E-state index in [0.717, 1.165) is 11.1 Å². The Bertz CT molecular complexity index is 948. The number of furan rings is 1. The molecular formula is C19H14Cl2N2O2. The molecule has 6 heteroatoms. The van der Waals surface area contributed by atoms with Crippen LogP contribution in [0.5, 0.6) is 0 Å². The van der Waals surface area contributed by atoms with Crippen LogP contribution in [0.4, 0.5) is 0 Å². The minimum absolute atomic E-state index is 0.362. The zero-order valence-electron chi connectivity index (χ0n) is 13.3. The number of aryl methyl sites for hydroxylation is 1. The highest BCUT2D eigenvalue weighted by Gasteiger charge is 2.10. The monoisotopic (exact) mass is 372 g/mol. The minimum Gasteiger partial charge on any atom is -0.455 e. The second kappa shape index (κ2) is 7.55. The molecule has 1 heterocycles. The number of rotatable bonds is 4. The Labute approximate surface area is 155 Å². The van der Waals surface area contributed by atoms with Crippen molar-refractivity contribution in [1.29, 1.82) is 0 Å². The van der Waals surface area contributed by atoms with Gasteiger partial charge in [-0.15, -0.1) is 0 Å². The highest BCUT2D eigenvalue weighted by Crippen LogP contribution is 2.28. The summed E-state index contributed by atoms with van der Waals surface area (Å²) in [6.45, 7) is 1.90.